The Kier molecular flexibility index (Phi) is 4.24. The van der Waals surface area contributed by atoms with Gasteiger partial charge in [0.15, 0.2) is 0 Å². The van der Waals surface area contributed by atoms with Gasteiger partial charge < -0.3 is 15.3 Å². The van der Waals surface area contributed by atoms with Crippen molar-refractivity contribution in [2.45, 2.75) is 25.9 Å². The van der Waals surface area contributed by atoms with Gasteiger partial charge in [0.1, 0.15) is 0 Å². The number of hydrogen-bond acceptors (Lipinski definition) is 2. The number of halogens is 1. The van der Waals surface area contributed by atoms with Gasteiger partial charge in [-0.05, 0) is 53.4 Å². The van der Waals surface area contributed by atoms with Gasteiger partial charge in [-0.2, -0.15) is 0 Å². The van der Waals surface area contributed by atoms with E-state index < -0.39 is 6.10 Å². The zero-order valence-corrected chi connectivity index (χ0v) is 11.9. The first-order valence-electron chi connectivity index (χ1n) is 6.06. The van der Waals surface area contributed by atoms with E-state index in [2.05, 4.69) is 21.2 Å². The fraction of sp³-hybridized carbons (Fsp3) is 0.462. The molecule has 0 aliphatic carbocycles. The summed E-state index contributed by atoms with van der Waals surface area (Å²) < 4.78 is 0.860. The van der Waals surface area contributed by atoms with Gasteiger partial charge in [-0.25, -0.2) is 4.79 Å². The summed E-state index contributed by atoms with van der Waals surface area (Å²) in [6.45, 7) is 3.09. The highest BCUT2D eigenvalue weighted by Gasteiger charge is 2.22. The molecule has 2 N–H and O–H groups in total. The van der Waals surface area contributed by atoms with Gasteiger partial charge in [0, 0.05) is 17.6 Å². The predicted molar refractivity (Wildman–Crippen MR) is 74.7 cm³/mol. The van der Waals surface area contributed by atoms with Crippen molar-refractivity contribution in [2.24, 2.45) is 0 Å². The highest BCUT2D eigenvalue weighted by molar-refractivity contribution is 9.10. The molecule has 0 aromatic heterocycles. The number of nitrogens with one attached hydrogen (secondary N) is 1. The third-order valence-electron chi connectivity index (χ3n) is 3.05. The number of carbonyl (C=O) groups is 1. The number of aryl methyl sites for hydroxylation is 1. The van der Waals surface area contributed by atoms with E-state index in [1.54, 1.807) is 4.90 Å². The normalized spacial score (nSPS) is 19.7. The van der Waals surface area contributed by atoms with Gasteiger partial charge in [0.25, 0.3) is 0 Å². The molecule has 2 amide bonds. The largest absolute Gasteiger partial charge is 0.391 e. The molecule has 1 fully saturated rings. The molecule has 0 radical (unpaired) electrons. The zero-order valence-electron chi connectivity index (χ0n) is 10.3. The molecule has 2 rings (SSSR count). The highest BCUT2D eigenvalue weighted by atomic mass is 79.9. The monoisotopic (exact) mass is 312 g/mol. The van der Waals surface area contributed by atoms with E-state index in [0.29, 0.717) is 13.1 Å². The SMILES string of the molecule is Cc1ccc(Br)c(NC(=O)N2CCCC(O)C2)c1. The number of benzene rings is 1. The Hall–Kier alpha value is -1.07. The molecule has 18 heavy (non-hydrogen) atoms. The van der Waals surface area contributed by atoms with E-state index >= 15 is 0 Å². The molecule has 1 heterocycles. The van der Waals surface area contributed by atoms with Crippen LogP contribution in [0.15, 0.2) is 22.7 Å². The van der Waals surface area contributed by atoms with E-state index in [4.69, 9.17) is 0 Å². The van der Waals surface area contributed by atoms with E-state index in [1.807, 2.05) is 25.1 Å². The molecule has 4 nitrogen and oxygen atoms in total. The molecule has 0 spiro atoms. The second-order valence-corrected chi connectivity index (χ2v) is 5.51. The lowest BCUT2D eigenvalue weighted by Crippen LogP contribution is -2.44. The summed E-state index contributed by atoms with van der Waals surface area (Å²) in [5.74, 6) is 0. The second-order valence-electron chi connectivity index (χ2n) is 4.66. The van der Waals surface area contributed by atoms with Crippen molar-refractivity contribution in [3.05, 3.63) is 28.2 Å². The highest BCUT2D eigenvalue weighted by Crippen LogP contribution is 2.24. The van der Waals surface area contributed by atoms with Crippen LogP contribution in [0.2, 0.25) is 0 Å². The Labute approximate surface area is 115 Å². The van der Waals surface area contributed by atoms with Crippen molar-refractivity contribution in [1.82, 2.24) is 4.90 Å². The van der Waals surface area contributed by atoms with E-state index in [0.717, 1.165) is 28.6 Å². The molecule has 1 unspecified atom stereocenters. The lowest BCUT2D eigenvalue weighted by molar-refractivity contribution is 0.0883. The number of likely N-dealkylation sites (tertiary alicyclic amines) is 1. The van der Waals surface area contributed by atoms with Crippen molar-refractivity contribution in [3.63, 3.8) is 0 Å². The van der Waals surface area contributed by atoms with Crippen molar-refractivity contribution in [3.8, 4) is 0 Å². The number of aliphatic hydroxyl groups excluding tert-OH is 1. The minimum Gasteiger partial charge on any atom is -0.391 e. The van der Waals surface area contributed by atoms with Crippen molar-refractivity contribution >= 4 is 27.6 Å². The summed E-state index contributed by atoms with van der Waals surface area (Å²) in [6, 6.07) is 5.66. The zero-order chi connectivity index (χ0) is 13.1. The molecule has 1 atom stereocenters. The molecular formula is C13H17BrN2O2. The van der Waals surface area contributed by atoms with Gasteiger partial charge in [-0.3, -0.25) is 0 Å². The standard InChI is InChI=1S/C13H17BrN2O2/c1-9-4-5-11(14)12(7-9)15-13(18)16-6-2-3-10(17)8-16/h4-5,7,10,17H,2-3,6,8H2,1H3,(H,15,18). The molecule has 5 heteroatoms. The first kappa shape index (κ1) is 13.4. The van der Waals surface area contributed by atoms with Crippen molar-refractivity contribution in [1.29, 1.82) is 0 Å². The first-order chi connectivity index (χ1) is 8.56. The second kappa shape index (κ2) is 5.71. The van der Waals surface area contributed by atoms with Crippen LogP contribution in [0.1, 0.15) is 18.4 Å². The molecule has 1 aliphatic heterocycles. The Bertz CT molecular complexity index is 451. The summed E-state index contributed by atoms with van der Waals surface area (Å²) in [7, 11) is 0. The Balaban J connectivity index is 2.04. The number of amides is 2. The number of β-amino-alcohol motifs (C(OH)–C–C–N with tert-alkyl or cyclic N) is 1. The van der Waals surface area contributed by atoms with Gasteiger partial charge >= 0.3 is 6.03 Å². The van der Waals surface area contributed by atoms with Gasteiger partial charge in [0.2, 0.25) is 0 Å². The maximum absolute atomic E-state index is 12.1. The number of anilines is 1. The third-order valence-corrected chi connectivity index (χ3v) is 3.74. The summed E-state index contributed by atoms with van der Waals surface area (Å²) >= 11 is 3.41. The van der Waals surface area contributed by atoms with Crippen LogP contribution in [-0.2, 0) is 0 Å². The van der Waals surface area contributed by atoms with Crippen LogP contribution in [0.25, 0.3) is 0 Å². The van der Waals surface area contributed by atoms with Gasteiger partial charge in [-0.1, -0.05) is 6.07 Å². The molecular weight excluding hydrogens is 296 g/mol. The number of nitrogens with zero attached hydrogens (tertiary/aromatic N) is 1. The van der Waals surface area contributed by atoms with E-state index in [1.165, 1.54) is 0 Å². The first-order valence-corrected chi connectivity index (χ1v) is 6.85. The Morgan fingerprint density at radius 1 is 1.56 bits per heavy atom. The van der Waals surface area contributed by atoms with Crippen LogP contribution in [-0.4, -0.2) is 35.2 Å². The molecule has 0 bridgehead atoms. The van der Waals surface area contributed by atoms with Crippen LogP contribution in [0, 0.1) is 6.92 Å². The Morgan fingerprint density at radius 3 is 3.06 bits per heavy atom. The Morgan fingerprint density at radius 2 is 2.33 bits per heavy atom. The lowest BCUT2D eigenvalue weighted by Gasteiger charge is -2.30. The predicted octanol–water partition coefficient (Wildman–Crippen LogP) is 2.75. The minimum atomic E-state index is -0.398. The van der Waals surface area contributed by atoms with Gasteiger partial charge in [-0.15, -0.1) is 0 Å². The summed E-state index contributed by atoms with van der Waals surface area (Å²) in [6.07, 6.45) is 1.23. The molecule has 98 valence electrons. The molecule has 0 saturated carbocycles. The number of aliphatic hydroxyl groups is 1. The number of rotatable bonds is 1. The van der Waals surface area contributed by atoms with Crippen LogP contribution in [0.5, 0.6) is 0 Å². The molecule has 1 aromatic carbocycles. The smallest absolute Gasteiger partial charge is 0.321 e. The fourth-order valence-electron chi connectivity index (χ4n) is 2.07. The number of urea groups is 1. The summed E-state index contributed by atoms with van der Waals surface area (Å²) in [4.78, 5) is 13.7. The molecule has 1 aromatic rings. The topological polar surface area (TPSA) is 52.6 Å². The maximum atomic E-state index is 12.1. The van der Waals surface area contributed by atoms with Crippen LogP contribution >= 0.6 is 15.9 Å². The molecule has 1 saturated heterocycles. The van der Waals surface area contributed by atoms with Crippen molar-refractivity contribution in [2.75, 3.05) is 18.4 Å². The number of hydrogen-bond donors (Lipinski definition) is 2. The minimum absolute atomic E-state index is 0.153. The fourth-order valence-corrected chi connectivity index (χ4v) is 2.41. The lowest BCUT2D eigenvalue weighted by atomic mass is 10.1. The van der Waals surface area contributed by atoms with Gasteiger partial charge in [0.05, 0.1) is 11.8 Å². The summed E-state index contributed by atoms with van der Waals surface area (Å²) in [5, 5.41) is 12.4. The average Bonchev–Trinajstić information content (AvgIpc) is 2.34. The van der Waals surface area contributed by atoms with Crippen molar-refractivity contribution < 1.29 is 9.90 Å². The average molecular weight is 313 g/mol. The van der Waals surface area contributed by atoms with Crippen LogP contribution in [0.3, 0.4) is 0 Å². The summed E-state index contributed by atoms with van der Waals surface area (Å²) in [5.41, 5.74) is 1.85. The molecule has 1 aliphatic rings. The van der Waals surface area contributed by atoms with Crippen LogP contribution in [0.4, 0.5) is 10.5 Å². The third kappa shape index (κ3) is 3.23. The number of carbonyl (C=O) groups excluding carboxylic acids is 1. The maximum Gasteiger partial charge on any atom is 0.321 e. The van der Waals surface area contributed by atoms with E-state index in [9.17, 15) is 9.90 Å². The quantitative estimate of drug-likeness (QED) is 0.837. The van der Waals surface area contributed by atoms with Crippen LogP contribution < -0.4 is 5.32 Å². The van der Waals surface area contributed by atoms with E-state index in [-0.39, 0.29) is 6.03 Å². The number of piperidine rings is 1.